The summed E-state index contributed by atoms with van der Waals surface area (Å²) in [6, 6.07) is 14.4. The van der Waals surface area contributed by atoms with Gasteiger partial charge in [-0.3, -0.25) is 0 Å². The lowest BCUT2D eigenvalue weighted by Gasteiger charge is -2.30. The van der Waals surface area contributed by atoms with Gasteiger partial charge < -0.3 is 14.8 Å². The van der Waals surface area contributed by atoms with Gasteiger partial charge >= 0.3 is 7.12 Å². The Balaban J connectivity index is 1.90. The Bertz CT molecular complexity index is 966. The van der Waals surface area contributed by atoms with Crippen molar-refractivity contribution in [1.82, 2.24) is 0 Å². The molecule has 0 radical (unpaired) electrons. The van der Waals surface area contributed by atoms with Gasteiger partial charge in [0.2, 0.25) is 0 Å². The average Bonchev–Trinajstić information content (AvgIpc) is 2.75. The Morgan fingerprint density at radius 3 is 2.45 bits per heavy atom. The first-order valence-corrected chi connectivity index (χ1v) is 11.0. The minimum Gasteiger partial charge on any atom is -0.507 e. The number of allylic oxidation sites excluding steroid dienone is 2. The van der Waals surface area contributed by atoms with Gasteiger partial charge in [0, 0.05) is 6.32 Å². The second-order valence-electron chi connectivity index (χ2n) is 8.73. The minimum atomic E-state index is -0.764. The van der Waals surface area contributed by atoms with Gasteiger partial charge in [0.15, 0.2) is 0 Å². The second-order valence-corrected chi connectivity index (χ2v) is 8.73. The van der Waals surface area contributed by atoms with Gasteiger partial charge in [-0.2, -0.15) is 0 Å². The van der Waals surface area contributed by atoms with Crippen molar-refractivity contribution < 1.29 is 14.8 Å². The summed E-state index contributed by atoms with van der Waals surface area (Å²) in [7, 11) is -0.764. The lowest BCUT2D eigenvalue weighted by atomic mass is 9.76. The molecule has 1 unspecified atom stereocenters. The lowest BCUT2D eigenvalue weighted by Crippen LogP contribution is -2.32. The molecule has 4 heteroatoms. The van der Waals surface area contributed by atoms with Crippen LogP contribution in [-0.4, -0.2) is 23.4 Å². The molecule has 3 nitrogen and oxygen atoms in total. The zero-order valence-electron chi connectivity index (χ0n) is 19.1. The molecule has 162 valence electrons. The molecule has 0 bridgehead atoms. The molecule has 0 aromatic heterocycles. The van der Waals surface area contributed by atoms with Crippen molar-refractivity contribution in [3.63, 3.8) is 0 Å². The summed E-state index contributed by atoms with van der Waals surface area (Å²) in [4.78, 5) is 0. The maximum Gasteiger partial charge on any atom is 0.458 e. The van der Waals surface area contributed by atoms with Gasteiger partial charge in [-0.25, -0.2) is 0 Å². The van der Waals surface area contributed by atoms with E-state index in [9.17, 15) is 10.1 Å². The van der Waals surface area contributed by atoms with Crippen molar-refractivity contribution in [1.29, 1.82) is 0 Å². The third-order valence-electron chi connectivity index (χ3n) is 5.95. The highest BCUT2D eigenvalue weighted by atomic mass is 16.5. The van der Waals surface area contributed by atoms with Crippen LogP contribution in [-0.2, 0) is 4.65 Å². The molecule has 1 aliphatic rings. The van der Waals surface area contributed by atoms with Gasteiger partial charge in [-0.15, -0.1) is 0 Å². The van der Waals surface area contributed by atoms with Crippen LogP contribution in [0.1, 0.15) is 48.9 Å². The van der Waals surface area contributed by atoms with Gasteiger partial charge in [0.25, 0.3) is 0 Å². The normalized spacial score (nSPS) is 17.1. The maximum absolute atomic E-state index is 10.1. The van der Waals surface area contributed by atoms with E-state index in [2.05, 4.69) is 44.7 Å². The number of hydrogen-bond donors (Lipinski definition) is 2. The Morgan fingerprint density at radius 2 is 1.84 bits per heavy atom. The molecule has 0 amide bonds. The third kappa shape index (κ3) is 5.78. The third-order valence-corrected chi connectivity index (χ3v) is 5.95. The van der Waals surface area contributed by atoms with Gasteiger partial charge in [0.05, 0.1) is 6.10 Å². The maximum atomic E-state index is 10.1. The van der Waals surface area contributed by atoms with E-state index >= 15 is 0 Å². The van der Waals surface area contributed by atoms with Crippen molar-refractivity contribution in [3.8, 4) is 5.75 Å². The van der Waals surface area contributed by atoms with Gasteiger partial charge in [-0.05, 0) is 83.7 Å². The number of aromatic hydroxyl groups is 1. The van der Waals surface area contributed by atoms with E-state index in [0.29, 0.717) is 18.0 Å². The summed E-state index contributed by atoms with van der Waals surface area (Å²) < 4.78 is 5.93. The molecule has 1 aliphatic heterocycles. The van der Waals surface area contributed by atoms with Crippen LogP contribution >= 0.6 is 0 Å². The molecule has 2 N–H and O–H groups in total. The molecule has 31 heavy (non-hydrogen) atoms. The van der Waals surface area contributed by atoms with E-state index in [4.69, 9.17) is 4.65 Å². The summed E-state index contributed by atoms with van der Waals surface area (Å²) in [6.45, 7) is 12.4. The highest BCUT2D eigenvalue weighted by molar-refractivity contribution is 6.43. The van der Waals surface area contributed by atoms with Crippen LogP contribution in [0.4, 0.5) is 0 Å². The van der Waals surface area contributed by atoms with E-state index in [1.165, 1.54) is 5.57 Å². The first kappa shape index (κ1) is 23.1. The standard InChI is InChI=1S/C27H33BO3/c1-18(2)21(5)25-13-14-28(30)31-26(25)12-11-24(23-9-7-6-8-10-23)17-22-15-19(3)27(29)20(4)16-22/h6-10,13,15-18,26,29-30H,5,11-12,14H2,1-4H3/b24-17-. The van der Waals surface area contributed by atoms with Crippen molar-refractivity contribution >= 4 is 18.8 Å². The quantitative estimate of drug-likeness (QED) is 0.409. The average molecular weight is 416 g/mol. The monoisotopic (exact) mass is 416 g/mol. The fourth-order valence-corrected chi connectivity index (χ4v) is 4.09. The molecule has 0 fully saturated rings. The van der Waals surface area contributed by atoms with E-state index in [-0.39, 0.29) is 6.10 Å². The van der Waals surface area contributed by atoms with Crippen molar-refractivity contribution in [2.24, 2.45) is 5.92 Å². The van der Waals surface area contributed by atoms with Crippen LogP contribution in [0.5, 0.6) is 5.75 Å². The smallest absolute Gasteiger partial charge is 0.458 e. The zero-order chi connectivity index (χ0) is 22.5. The molecule has 3 rings (SSSR count). The Labute approximate surface area is 186 Å². The second kappa shape index (κ2) is 10.2. The Kier molecular flexibility index (Phi) is 7.58. The van der Waals surface area contributed by atoms with Crippen LogP contribution in [0, 0.1) is 19.8 Å². The predicted molar refractivity (Wildman–Crippen MR) is 131 cm³/mol. The highest BCUT2D eigenvalue weighted by Gasteiger charge is 2.29. The lowest BCUT2D eigenvalue weighted by molar-refractivity contribution is 0.183. The predicted octanol–water partition coefficient (Wildman–Crippen LogP) is 6.35. The van der Waals surface area contributed by atoms with E-state index in [1.807, 2.05) is 44.2 Å². The fraction of sp³-hybridized carbons (Fsp3) is 0.333. The molecular weight excluding hydrogens is 383 g/mol. The summed E-state index contributed by atoms with van der Waals surface area (Å²) in [5.41, 5.74) is 7.36. The van der Waals surface area contributed by atoms with E-state index in [1.54, 1.807) is 0 Å². The van der Waals surface area contributed by atoms with Crippen LogP contribution < -0.4 is 0 Å². The van der Waals surface area contributed by atoms with Crippen molar-refractivity contribution in [3.05, 3.63) is 88.5 Å². The summed E-state index contributed by atoms with van der Waals surface area (Å²) >= 11 is 0. The van der Waals surface area contributed by atoms with Crippen LogP contribution in [0.2, 0.25) is 6.32 Å². The first-order chi connectivity index (χ1) is 14.8. The van der Waals surface area contributed by atoms with E-state index in [0.717, 1.165) is 46.2 Å². The molecule has 2 aromatic rings. The zero-order valence-corrected chi connectivity index (χ0v) is 19.1. The topological polar surface area (TPSA) is 49.7 Å². The van der Waals surface area contributed by atoms with Crippen molar-refractivity contribution in [2.75, 3.05) is 0 Å². The van der Waals surface area contributed by atoms with Crippen LogP contribution in [0.25, 0.3) is 11.6 Å². The summed E-state index contributed by atoms with van der Waals surface area (Å²) in [6.07, 6.45) is 6.16. The van der Waals surface area contributed by atoms with Gasteiger partial charge in [0.1, 0.15) is 5.75 Å². The Hall–Kier alpha value is -2.56. The SMILES string of the molecule is C=C(C1=CCB(O)OC1CC/C(=C/c1cc(C)c(O)c(C)c1)c1ccccc1)C(C)C. The largest absolute Gasteiger partial charge is 0.507 e. The highest BCUT2D eigenvalue weighted by Crippen LogP contribution is 2.33. The van der Waals surface area contributed by atoms with Crippen LogP contribution in [0.3, 0.4) is 0 Å². The summed E-state index contributed by atoms with van der Waals surface area (Å²) in [5, 5.41) is 20.2. The number of aryl methyl sites for hydroxylation is 2. The number of phenols is 1. The van der Waals surface area contributed by atoms with Crippen molar-refractivity contribution in [2.45, 2.75) is 53.0 Å². The molecule has 1 heterocycles. The minimum absolute atomic E-state index is 0.172. The molecule has 0 aliphatic carbocycles. The molecule has 1 atom stereocenters. The molecule has 0 spiro atoms. The number of hydrogen-bond acceptors (Lipinski definition) is 3. The van der Waals surface area contributed by atoms with E-state index < -0.39 is 7.12 Å². The fourth-order valence-electron chi connectivity index (χ4n) is 4.09. The summed E-state index contributed by atoms with van der Waals surface area (Å²) in [5.74, 6) is 0.685. The van der Waals surface area contributed by atoms with Gasteiger partial charge in [-0.1, -0.05) is 62.9 Å². The molecule has 0 saturated heterocycles. The van der Waals surface area contributed by atoms with Crippen LogP contribution in [0.15, 0.2) is 66.3 Å². The first-order valence-electron chi connectivity index (χ1n) is 11.0. The Morgan fingerprint density at radius 1 is 1.19 bits per heavy atom. The molecular formula is C27H33BO3. The molecule has 2 aromatic carbocycles. The number of benzene rings is 2. The number of rotatable bonds is 7. The number of phenolic OH excluding ortho intramolecular Hbond substituents is 1. The molecule has 0 saturated carbocycles.